The van der Waals surface area contributed by atoms with Gasteiger partial charge in [0.05, 0.1) is 10.2 Å². The highest BCUT2D eigenvalue weighted by Crippen LogP contribution is 2.28. The molecule has 0 saturated heterocycles. The Balaban J connectivity index is 2.54. The van der Waals surface area contributed by atoms with Crippen molar-refractivity contribution in [2.45, 2.75) is 20.3 Å². The summed E-state index contributed by atoms with van der Waals surface area (Å²) in [6, 6.07) is 4.41. The fourth-order valence-electron chi connectivity index (χ4n) is 1.38. The van der Waals surface area contributed by atoms with Crippen LogP contribution in [0, 0.1) is 0 Å². The first kappa shape index (κ1) is 8.57. The molecule has 0 aliphatic carbocycles. The topological polar surface area (TPSA) is 15.8 Å². The summed E-state index contributed by atoms with van der Waals surface area (Å²) in [5, 5.41) is 0. The average Bonchev–Trinajstić information content (AvgIpc) is 2.58. The van der Waals surface area contributed by atoms with Crippen molar-refractivity contribution in [3.8, 4) is 0 Å². The number of hydrogen-bond acceptors (Lipinski definition) is 1. The van der Waals surface area contributed by atoms with Crippen LogP contribution in [0.15, 0.2) is 18.7 Å². The smallest absolute Gasteiger partial charge is 0.0571 e. The predicted molar refractivity (Wildman–Crippen MR) is 60.3 cm³/mol. The summed E-state index contributed by atoms with van der Waals surface area (Å²) in [7, 11) is 0. The van der Waals surface area contributed by atoms with Gasteiger partial charge in [0.25, 0.3) is 0 Å². The number of hydrogen-bond donors (Lipinski definition) is 1. The zero-order valence-corrected chi connectivity index (χ0v) is 8.79. The molecule has 0 amide bonds. The number of fused-ring (bicyclic) bond motifs is 1. The molecule has 0 fully saturated rings. The van der Waals surface area contributed by atoms with Crippen LogP contribution < -0.4 is 0 Å². The molecule has 2 aromatic rings. The number of aromatic nitrogens is 1. The number of aromatic amines is 1. The molecule has 1 nitrogen and oxygen atoms in total. The molecule has 0 spiro atoms. The maximum absolute atomic E-state index is 3.92. The molecule has 0 atom stereocenters. The van der Waals surface area contributed by atoms with Gasteiger partial charge in [-0.1, -0.05) is 13.5 Å². The van der Waals surface area contributed by atoms with E-state index in [1.165, 1.54) is 15.1 Å². The second-order valence-electron chi connectivity index (χ2n) is 3.31. The largest absolute Gasteiger partial charge is 0.354 e. The summed E-state index contributed by atoms with van der Waals surface area (Å²) in [4.78, 5) is 4.80. The Morgan fingerprint density at radius 1 is 1.54 bits per heavy atom. The molecule has 0 aromatic carbocycles. The van der Waals surface area contributed by atoms with E-state index in [9.17, 15) is 0 Å². The number of aryl methyl sites for hydroxylation is 1. The highest BCUT2D eigenvalue weighted by atomic mass is 32.1. The van der Waals surface area contributed by atoms with Crippen LogP contribution >= 0.6 is 11.3 Å². The van der Waals surface area contributed by atoms with E-state index in [1.54, 1.807) is 0 Å². The van der Waals surface area contributed by atoms with Crippen molar-refractivity contribution in [2.24, 2.45) is 0 Å². The maximum atomic E-state index is 3.92. The lowest BCUT2D eigenvalue weighted by atomic mass is 10.2. The molecule has 0 aliphatic heterocycles. The molecule has 0 aliphatic rings. The number of H-pyrrole nitrogens is 1. The SMILES string of the molecule is C=C(C)c1cc2sc(CC)cc2[nH]1. The minimum absolute atomic E-state index is 1.10. The van der Waals surface area contributed by atoms with Crippen LogP contribution in [-0.2, 0) is 6.42 Å². The standard InChI is InChI=1S/C11H13NS/c1-4-8-5-10-11(13-8)6-9(12-10)7(2)3/h5-6,12H,2,4H2,1,3H3. The molecule has 68 valence electrons. The van der Waals surface area contributed by atoms with Gasteiger partial charge >= 0.3 is 0 Å². The van der Waals surface area contributed by atoms with E-state index < -0.39 is 0 Å². The van der Waals surface area contributed by atoms with Gasteiger partial charge in [-0.05, 0) is 31.1 Å². The molecular formula is C11H13NS. The lowest BCUT2D eigenvalue weighted by Gasteiger charge is -1.91. The van der Waals surface area contributed by atoms with Gasteiger partial charge in [-0.15, -0.1) is 11.3 Å². The number of allylic oxidation sites excluding steroid dienone is 1. The quantitative estimate of drug-likeness (QED) is 0.742. The Hall–Kier alpha value is -1.02. The maximum Gasteiger partial charge on any atom is 0.0571 e. The third-order valence-corrected chi connectivity index (χ3v) is 3.39. The van der Waals surface area contributed by atoms with Crippen LogP contribution in [-0.4, -0.2) is 4.98 Å². The van der Waals surface area contributed by atoms with Gasteiger partial charge in [0.15, 0.2) is 0 Å². The summed E-state index contributed by atoms with van der Waals surface area (Å²) in [5.74, 6) is 0. The highest BCUT2D eigenvalue weighted by molar-refractivity contribution is 7.19. The molecule has 0 unspecified atom stereocenters. The summed E-state index contributed by atoms with van der Waals surface area (Å²) in [6.07, 6.45) is 1.12. The Morgan fingerprint density at radius 3 is 2.85 bits per heavy atom. The van der Waals surface area contributed by atoms with Crippen molar-refractivity contribution in [1.82, 2.24) is 4.98 Å². The molecule has 0 saturated carbocycles. The van der Waals surface area contributed by atoms with Crippen molar-refractivity contribution in [3.63, 3.8) is 0 Å². The first-order valence-corrected chi connectivity index (χ1v) is 5.29. The van der Waals surface area contributed by atoms with E-state index in [4.69, 9.17) is 0 Å². The van der Waals surface area contributed by atoms with E-state index in [1.807, 2.05) is 18.3 Å². The summed E-state index contributed by atoms with van der Waals surface area (Å²) >= 11 is 1.86. The number of nitrogens with one attached hydrogen (secondary N) is 1. The van der Waals surface area contributed by atoms with Crippen LogP contribution in [0.25, 0.3) is 15.8 Å². The Bertz CT molecular complexity index is 416. The lowest BCUT2D eigenvalue weighted by molar-refractivity contribution is 1.19. The third-order valence-electron chi connectivity index (χ3n) is 2.16. The highest BCUT2D eigenvalue weighted by Gasteiger charge is 2.04. The van der Waals surface area contributed by atoms with E-state index in [0.29, 0.717) is 0 Å². The molecule has 2 heteroatoms. The van der Waals surface area contributed by atoms with Gasteiger partial charge in [-0.3, -0.25) is 0 Å². The van der Waals surface area contributed by atoms with Gasteiger partial charge in [0.1, 0.15) is 0 Å². The van der Waals surface area contributed by atoms with Crippen LogP contribution in [0.5, 0.6) is 0 Å². The van der Waals surface area contributed by atoms with Crippen LogP contribution in [0.4, 0.5) is 0 Å². The zero-order valence-electron chi connectivity index (χ0n) is 7.98. The average molecular weight is 191 g/mol. The molecule has 2 heterocycles. The van der Waals surface area contributed by atoms with Gasteiger partial charge in [-0.2, -0.15) is 0 Å². The van der Waals surface area contributed by atoms with Gasteiger partial charge in [0.2, 0.25) is 0 Å². The minimum Gasteiger partial charge on any atom is -0.354 e. The van der Waals surface area contributed by atoms with E-state index in [2.05, 4.69) is 30.6 Å². The summed E-state index contributed by atoms with van der Waals surface area (Å²) in [5.41, 5.74) is 3.50. The van der Waals surface area contributed by atoms with Crippen molar-refractivity contribution < 1.29 is 0 Å². The Morgan fingerprint density at radius 2 is 2.31 bits per heavy atom. The van der Waals surface area contributed by atoms with Gasteiger partial charge in [-0.25, -0.2) is 0 Å². The lowest BCUT2D eigenvalue weighted by Crippen LogP contribution is -1.75. The monoisotopic (exact) mass is 191 g/mol. The fraction of sp³-hybridized carbons (Fsp3) is 0.273. The predicted octanol–water partition coefficient (Wildman–Crippen LogP) is 3.82. The Labute approximate surface area is 82.1 Å². The van der Waals surface area contributed by atoms with Crippen LogP contribution in [0.3, 0.4) is 0 Å². The van der Waals surface area contributed by atoms with Crippen molar-refractivity contribution in [3.05, 3.63) is 29.3 Å². The van der Waals surface area contributed by atoms with Crippen LogP contribution in [0.1, 0.15) is 24.4 Å². The van der Waals surface area contributed by atoms with Gasteiger partial charge in [0, 0.05) is 10.6 Å². The number of thiophene rings is 1. The van der Waals surface area contributed by atoms with E-state index in [-0.39, 0.29) is 0 Å². The zero-order chi connectivity index (χ0) is 9.42. The molecule has 0 bridgehead atoms. The van der Waals surface area contributed by atoms with Crippen LogP contribution in [0.2, 0.25) is 0 Å². The fourth-order valence-corrected chi connectivity index (χ4v) is 2.38. The normalized spacial score (nSPS) is 10.9. The second-order valence-corrected chi connectivity index (χ2v) is 4.48. The third kappa shape index (κ3) is 1.42. The van der Waals surface area contributed by atoms with Crippen molar-refractivity contribution in [2.75, 3.05) is 0 Å². The molecule has 1 N–H and O–H groups in total. The van der Waals surface area contributed by atoms with E-state index in [0.717, 1.165) is 17.7 Å². The molecule has 2 aromatic heterocycles. The number of rotatable bonds is 2. The summed E-state index contributed by atoms with van der Waals surface area (Å²) in [6.45, 7) is 8.13. The molecule has 2 rings (SSSR count). The molecule has 13 heavy (non-hydrogen) atoms. The first-order chi connectivity index (χ1) is 6.20. The minimum atomic E-state index is 1.10. The van der Waals surface area contributed by atoms with Gasteiger partial charge < -0.3 is 4.98 Å². The molecule has 0 radical (unpaired) electrons. The molecular weight excluding hydrogens is 178 g/mol. The summed E-state index contributed by atoms with van der Waals surface area (Å²) < 4.78 is 1.34. The first-order valence-electron chi connectivity index (χ1n) is 4.48. The van der Waals surface area contributed by atoms with Crippen molar-refractivity contribution >= 4 is 27.1 Å². The van der Waals surface area contributed by atoms with Crippen molar-refractivity contribution in [1.29, 1.82) is 0 Å². The Kier molecular flexibility index (Phi) is 2.00. The second kappa shape index (κ2) is 3.04. The van der Waals surface area contributed by atoms with E-state index >= 15 is 0 Å².